The van der Waals surface area contributed by atoms with Gasteiger partial charge in [-0.15, -0.1) is 11.3 Å². The van der Waals surface area contributed by atoms with E-state index >= 15 is 0 Å². The van der Waals surface area contributed by atoms with E-state index in [1.165, 1.54) is 4.88 Å². The highest BCUT2D eigenvalue weighted by atomic mass is 79.9. The van der Waals surface area contributed by atoms with Crippen molar-refractivity contribution in [3.8, 4) is 0 Å². The van der Waals surface area contributed by atoms with Crippen LogP contribution >= 0.6 is 27.3 Å². The van der Waals surface area contributed by atoms with Crippen LogP contribution in [0.4, 0.5) is 5.82 Å². The fraction of sp³-hybridized carbons (Fsp3) is 0.588. The number of carbonyl (C=O) groups excluding carboxylic acids is 1. The van der Waals surface area contributed by atoms with Gasteiger partial charge >= 0.3 is 0 Å². The van der Waals surface area contributed by atoms with E-state index < -0.39 is 0 Å². The van der Waals surface area contributed by atoms with E-state index in [2.05, 4.69) is 43.8 Å². The molecule has 1 aliphatic rings. The number of fused-ring (bicyclic) bond motifs is 1. The maximum Gasteiger partial charge on any atom is 0.222 e. The number of unbranched alkanes of at least 4 members (excludes halogenated alkanes) is 1. The average molecular weight is 411 g/mol. The molecule has 7 heteroatoms. The van der Waals surface area contributed by atoms with E-state index in [1.54, 1.807) is 17.7 Å². The Morgan fingerprint density at radius 2 is 2.04 bits per heavy atom. The molecule has 130 valence electrons. The summed E-state index contributed by atoms with van der Waals surface area (Å²) in [6.07, 6.45) is 5.37. The molecule has 0 unspecified atom stereocenters. The largest absolute Gasteiger partial charge is 0.352 e. The van der Waals surface area contributed by atoms with E-state index in [0.717, 1.165) is 66.8 Å². The van der Waals surface area contributed by atoms with Gasteiger partial charge in [-0.1, -0.05) is 22.9 Å². The number of amides is 1. The van der Waals surface area contributed by atoms with Crippen molar-refractivity contribution in [2.45, 2.75) is 32.6 Å². The van der Waals surface area contributed by atoms with E-state index in [-0.39, 0.29) is 5.91 Å². The lowest BCUT2D eigenvalue weighted by molar-refractivity contribution is -0.131. The predicted octanol–water partition coefficient (Wildman–Crippen LogP) is 3.47. The Kier molecular flexibility index (Phi) is 6.05. The van der Waals surface area contributed by atoms with Gasteiger partial charge < -0.3 is 9.80 Å². The van der Waals surface area contributed by atoms with Gasteiger partial charge in [-0.2, -0.15) is 0 Å². The number of piperazine rings is 1. The molecule has 1 amide bonds. The molecular formula is C17H23BrN4OS. The minimum atomic E-state index is 0.284. The molecule has 3 rings (SSSR count). The lowest BCUT2D eigenvalue weighted by atomic mass is 10.2. The topological polar surface area (TPSA) is 49.3 Å². The van der Waals surface area contributed by atoms with Gasteiger partial charge in [0.2, 0.25) is 5.91 Å². The third-order valence-corrected chi connectivity index (χ3v) is 6.16. The molecule has 0 aromatic carbocycles. The highest BCUT2D eigenvalue weighted by Gasteiger charge is 2.23. The summed E-state index contributed by atoms with van der Waals surface area (Å²) in [6, 6.07) is 2.22. The first-order valence-electron chi connectivity index (χ1n) is 8.55. The summed E-state index contributed by atoms with van der Waals surface area (Å²) in [4.78, 5) is 27.8. The minimum absolute atomic E-state index is 0.284. The van der Waals surface area contributed by atoms with E-state index in [0.29, 0.717) is 6.42 Å². The molecule has 2 aromatic rings. The number of hydrogen-bond acceptors (Lipinski definition) is 5. The summed E-state index contributed by atoms with van der Waals surface area (Å²) in [6.45, 7) is 5.41. The number of anilines is 1. The van der Waals surface area contributed by atoms with E-state index in [9.17, 15) is 4.79 Å². The van der Waals surface area contributed by atoms with Crippen LogP contribution in [-0.2, 0) is 11.2 Å². The third-order valence-electron chi connectivity index (χ3n) is 4.41. The molecule has 0 aliphatic carbocycles. The van der Waals surface area contributed by atoms with Crippen LogP contribution in [0.15, 0.2) is 12.4 Å². The fourth-order valence-corrected chi connectivity index (χ4v) is 4.34. The Hall–Kier alpha value is -1.21. The van der Waals surface area contributed by atoms with E-state index in [4.69, 9.17) is 0 Å². The highest BCUT2D eigenvalue weighted by Crippen LogP contribution is 2.30. The summed E-state index contributed by atoms with van der Waals surface area (Å²) in [7, 11) is 0. The van der Waals surface area contributed by atoms with Crippen molar-refractivity contribution in [3.63, 3.8) is 0 Å². The molecule has 0 bridgehead atoms. The summed E-state index contributed by atoms with van der Waals surface area (Å²) < 4.78 is 0. The number of rotatable bonds is 6. The van der Waals surface area contributed by atoms with Crippen molar-refractivity contribution in [3.05, 3.63) is 17.3 Å². The number of aromatic nitrogens is 2. The highest BCUT2D eigenvalue weighted by molar-refractivity contribution is 9.09. The lowest BCUT2D eigenvalue weighted by Crippen LogP contribution is -2.49. The van der Waals surface area contributed by atoms with Crippen LogP contribution in [0.1, 0.15) is 31.1 Å². The summed E-state index contributed by atoms with van der Waals surface area (Å²) in [5.41, 5.74) is 0. The number of halogens is 1. The monoisotopic (exact) mass is 410 g/mol. The maximum atomic E-state index is 12.2. The Morgan fingerprint density at radius 3 is 2.75 bits per heavy atom. The van der Waals surface area contributed by atoms with Gasteiger partial charge in [-0.05, 0) is 25.3 Å². The number of nitrogens with zero attached hydrogens (tertiary/aromatic N) is 4. The second-order valence-corrected chi connectivity index (χ2v) is 7.90. The Morgan fingerprint density at radius 1 is 1.25 bits per heavy atom. The number of carbonyl (C=O) groups is 1. The molecular weight excluding hydrogens is 388 g/mol. The van der Waals surface area contributed by atoms with Gasteiger partial charge in [-0.25, -0.2) is 9.97 Å². The Bertz CT molecular complexity index is 697. The molecule has 1 fully saturated rings. The van der Waals surface area contributed by atoms with Crippen LogP contribution in [0.3, 0.4) is 0 Å². The first kappa shape index (κ1) is 17.6. The fourth-order valence-electron chi connectivity index (χ4n) is 3.02. The summed E-state index contributed by atoms with van der Waals surface area (Å²) in [5.74, 6) is 1.30. The van der Waals surface area contributed by atoms with Crippen LogP contribution in [0.2, 0.25) is 0 Å². The maximum absolute atomic E-state index is 12.2. The number of aryl methyl sites for hydroxylation is 1. The second-order valence-electron chi connectivity index (χ2n) is 6.00. The SMILES string of the molecule is CCc1cc2c(N3CCN(C(=O)CCCCBr)CC3)ncnc2s1. The van der Waals surface area contributed by atoms with Crippen LogP contribution in [0.25, 0.3) is 10.2 Å². The van der Waals surface area contributed by atoms with Crippen molar-refractivity contribution < 1.29 is 4.79 Å². The molecule has 0 radical (unpaired) electrons. The number of thiophene rings is 1. The van der Waals surface area contributed by atoms with Crippen molar-refractivity contribution in [2.75, 3.05) is 36.4 Å². The smallest absolute Gasteiger partial charge is 0.222 e. The van der Waals surface area contributed by atoms with Gasteiger partial charge in [0.05, 0.1) is 5.39 Å². The molecule has 0 saturated carbocycles. The standard InChI is InChI=1S/C17H23BrN4OS/c1-2-13-11-14-16(19-12-20-17(14)24-13)22-9-7-21(8-10-22)15(23)5-3-4-6-18/h11-12H,2-10H2,1H3. The van der Waals surface area contributed by atoms with Gasteiger partial charge in [-0.3, -0.25) is 4.79 Å². The average Bonchev–Trinajstić information content (AvgIpc) is 3.05. The molecule has 1 aliphatic heterocycles. The lowest BCUT2D eigenvalue weighted by Gasteiger charge is -2.35. The zero-order chi connectivity index (χ0) is 16.9. The quantitative estimate of drug-likeness (QED) is 0.540. The number of hydrogen-bond donors (Lipinski definition) is 0. The first-order valence-corrected chi connectivity index (χ1v) is 10.5. The van der Waals surface area contributed by atoms with E-state index in [1.807, 2.05) is 4.90 Å². The van der Waals surface area contributed by atoms with Gasteiger partial charge in [0.15, 0.2) is 0 Å². The third kappa shape index (κ3) is 3.88. The Balaban J connectivity index is 1.64. The normalized spacial score (nSPS) is 15.2. The zero-order valence-electron chi connectivity index (χ0n) is 14.0. The van der Waals surface area contributed by atoms with Crippen molar-refractivity contribution in [2.24, 2.45) is 0 Å². The molecule has 1 saturated heterocycles. The molecule has 24 heavy (non-hydrogen) atoms. The first-order chi connectivity index (χ1) is 11.7. The molecule has 0 spiro atoms. The molecule has 0 atom stereocenters. The van der Waals surface area contributed by atoms with Crippen LogP contribution in [0.5, 0.6) is 0 Å². The number of alkyl halides is 1. The minimum Gasteiger partial charge on any atom is -0.352 e. The molecule has 3 heterocycles. The molecule has 5 nitrogen and oxygen atoms in total. The van der Waals surface area contributed by atoms with Gasteiger partial charge in [0.25, 0.3) is 0 Å². The summed E-state index contributed by atoms with van der Waals surface area (Å²) >= 11 is 5.16. The zero-order valence-corrected chi connectivity index (χ0v) is 16.4. The van der Waals surface area contributed by atoms with Crippen molar-refractivity contribution >= 4 is 49.2 Å². The molecule has 2 aromatic heterocycles. The van der Waals surface area contributed by atoms with Crippen LogP contribution < -0.4 is 4.90 Å². The van der Waals surface area contributed by atoms with Crippen molar-refractivity contribution in [1.82, 2.24) is 14.9 Å². The van der Waals surface area contributed by atoms with Gasteiger partial charge in [0.1, 0.15) is 17.0 Å². The predicted molar refractivity (Wildman–Crippen MR) is 103 cm³/mol. The second kappa shape index (κ2) is 8.25. The van der Waals surface area contributed by atoms with Crippen LogP contribution in [0, 0.1) is 0 Å². The summed E-state index contributed by atoms with van der Waals surface area (Å²) in [5, 5.41) is 2.12. The Labute approximate surface area is 155 Å². The van der Waals surface area contributed by atoms with Gasteiger partial charge in [0, 0.05) is 42.8 Å². The van der Waals surface area contributed by atoms with Crippen LogP contribution in [-0.4, -0.2) is 52.3 Å². The van der Waals surface area contributed by atoms with Crippen molar-refractivity contribution in [1.29, 1.82) is 0 Å². The molecule has 0 N–H and O–H groups in total.